The van der Waals surface area contributed by atoms with Gasteiger partial charge in [0.15, 0.2) is 11.0 Å². The molecule has 1 aromatic heterocycles. The lowest BCUT2D eigenvalue weighted by Gasteiger charge is -2.30. The van der Waals surface area contributed by atoms with Gasteiger partial charge in [0.05, 0.1) is 23.0 Å². The number of rotatable bonds is 5. The Bertz CT molecular complexity index is 1490. The Morgan fingerprint density at radius 1 is 1.27 bits per heavy atom. The Morgan fingerprint density at radius 2 is 1.97 bits per heavy atom. The van der Waals surface area contributed by atoms with Gasteiger partial charge in [0.2, 0.25) is 5.16 Å². The number of amidine groups is 1. The van der Waals surface area contributed by atoms with Crippen LogP contribution < -0.4 is 16.0 Å². The van der Waals surface area contributed by atoms with Crippen molar-refractivity contribution in [2.45, 2.75) is 18.6 Å². The zero-order valence-electron chi connectivity index (χ0n) is 19.6. The Balaban J connectivity index is 1.95. The number of amides is 3. The van der Waals surface area contributed by atoms with Gasteiger partial charge in [-0.05, 0) is 42.2 Å². The second-order valence-corrected chi connectivity index (χ2v) is 10.0. The van der Waals surface area contributed by atoms with Crippen LogP contribution in [-0.2, 0) is 17.3 Å². The lowest BCUT2D eigenvalue weighted by Crippen LogP contribution is -2.43. The summed E-state index contributed by atoms with van der Waals surface area (Å²) in [6.45, 7) is 5.21. The van der Waals surface area contributed by atoms with Gasteiger partial charge in [0.1, 0.15) is 17.3 Å². The van der Waals surface area contributed by atoms with Crippen molar-refractivity contribution in [2.24, 2.45) is 10.7 Å². The van der Waals surface area contributed by atoms with Crippen molar-refractivity contribution in [2.75, 3.05) is 11.2 Å². The normalized spacial score (nSPS) is 14.1. The number of nitrogens with zero attached hydrogens (tertiary/aromatic N) is 4. The van der Waals surface area contributed by atoms with Gasteiger partial charge in [-0.15, -0.1) is 0 Å². The van der Waals surface area contributed by atoms with Gasteiger partial charge in [0.25, 0.3) is 5.91 Å². The number of carbonyl (C=O) groups excluding carboxylic acids is 2. The zero-order valence-corrected chi connectivity index (χ0v) is 21.3. The smallest absolute Gasteiger partial charge is 0.328 e. The summed E-state index contributed by atoms with van der Waals surface area (Å²) in [4.78, 5) is 38.8. The van der Waals surface area contributed by atoms with Crippen LogP contribution in [0.1, 0.15) is 21.5 Å². The maximum Gasteiger partial charge on any atom is 0.328 e. The van der Waals surface area contributed by atoms with E-state index in [0.717, 1.165) is 28.8 Å². The summed E-state index contributed by atoms with van der Waals surface area (Å²) in [5.74, 6) is -2.71. The SMILES string of the molecule is C=CSC(N)=NC(=O)c1ccc(C)c(-c2nc(S(C)=O)nc3c2CNC(=O)N3c2c(F)cccc2F)c1. The molecule has 0 spiro atoms. The van der Waals surface area contributed by atoms with Crippen LogP contribution in [0, 0.1) is 18.6 Å². The van der Waals surface area contributed by atoms with Crippen LogP contribution in [0.3, 0.4) is 0 Å². The first-order valence-electron chi connectivity index (χ1n) is 10.7. The standard InChI is InChI=1S/C24H20F2N6O3S2/c1-4-36-22(27)31-21(33)13-9-8-12(2)14(10-13)18-15-11-28-24(34)32(19-16(25)6-5-7-17(19)26)20(15)30-23(29-18)37(3)35/h4-10H,1,11H2,2-3H3,(H,28,34)(H2,27,31,33). The highest BCUT2D eigenvalue weighted by Gasteiger charge is 2.34. The van der Waals surface area contributed by atoms with Gasteiger partial charge in [-0.2, -0.15) is 4.99 Å². The number of fused-ring (bicyclic) bond motifs is 1. The van der Waals surface area contributed by atoms with Crippen molar-refractivity contribution in [3.63, 3.8) is 0 Å². The molecule has 3 aromatic rings. The van der Waals surface area contributed by atoms with Crippen molar-refractivity contribution in [1.82, 2.24) is 15.3 Å². The summed E-state index contributed by atoms with van der Waals surface area (Å²) in [5, 5.41) is 3.86. The van der Waals surface area contributed by atoms with Crippen LogP contribution in [0.25, 0.3) is 11.3 Å². The molecule has 0 aliphatic carbocycles. The van der Waals surface area contributed by atoms with E-state index in [2.05, 4.69) is 26.9 Å². The molecule has 0 saturated carbocycles. The Hall–Kier alpha value is -3.97. The van der Waals surface area contributed by atoms with Gasteiger partial charge in [-0.25, -0.2) is 28.4 Å². The lowest BCUT2D eigenvalue weighted by molar-refractivity contribution is 0.100. The number of aryl methyl sites for hydroxylation is 1. The van der Waals surface area contributed by atoms with Gasteiger partial charge >= 0.3 is 6.03 Å². The second-order valence-electron chi connectivity index (χ2n) is 7.74. The number of aromatic nitrogens is 2. The molecule has 13 heteroatoms. The average molecular weight is 543 g/mol. The number of hydrogen-bond donors (Lipinski definition) is 2. The third-order valence-corrected chi connectivity index (χ3v) is 6.57. The number of halogens is 2. The number of aliphatic imine (C=N–C) groups is 1. The predicted molar refractivity (Wildman–Crippen MR) is 139 cm³/mol. The fourth-order valence-corrected chi connectivity index (χ4v) is 4.43. The highest BCUT2D eigenvalue weighted by molar-refractivity contribution is 8.16. The highest BCUT2D eigenvalue weighted by Crippen LogP contribution is 2.39. The molecule has 190 valence electrons. The first-order valence-corrected chi connectivity index (χ1v) is 13.1. The summed E-state index contributed by atoms with van der Waals surface area (Å²) in [6, 6.07) is 7.13. The third kappa shape index (κ3) is 5.13. The van der Waals surface area contributed by atoms with Crippen LogP contribution in [0.4, 0.5) is 25.1 Å². The van der Waals surface area contributed by atoms with Gasteiger partial charge in [-0.3, -0.25) is 9.00 Å². The zero-order chi connectivity index (χ0) is 26.9. The highest BCUT2D eigenvalue weighted by atomic mass is 32.2. The van der Waals surface area contributed by atoms with Crippen LogP contribution in [0.5, 0.6) is 0 Å². The largest absolute Gasteiger partial charge is 0.378 e. The van der Waals surface area contributed by atoms with E-state index >= 15 is 0 Å². The molecule has 0 bridgehead atoms. The Kier molecular flexibility index (Phi) is 7.45. The minimum Gasteiger partial charge on any atom is -0.378 e. The summed E-state index contributed by atoms with van der Waals surface area (Å²) in [7, 11) is -1.72. The molecule has 3 amide bonds. The van der Waals surface area contributed by atoms with E-state index in [0.29, 0.717) is 16.7 Å². The molecule has 2 heterocycles. The van der Waals surface area contributed by atoms with Gasteiger partial charge in [-0.1, -0.05) is 30.5 Å². The number of benzene rings is 2. The second kappa shape index (κ2) is 10.6. The molecule has 0 saturated heterocycles. The molecule has 37 heavy (non-hydrogen) atoms. The third-order valence-electron chi connectivity index (χ3n) is 5.37. The van der Waals surface area contributed by atoms with Crippen molar-refractivity contribution in [3.05, 3.63) is 76.7 Å². The van der Waals surface area contributed by atoms with E-state index in [9.17, 15) is 22.6 Å². The van der Waals surface area contributed by atoms with Gasteiger partial charge < -0.3 is 11.1 Å². The number of nitrogens with one attached hydrogen (secondary N) is 1. The van der Waals surface area contributed by atoms with Crippen molar-refractivity contribution >= 4 is 51.2 Å². The fraction of sp³-hybridized carbons (Fsp3) is 0.125. The van der Waals surface area contributed by atoms with Crippen LogP contribution in [-0.4, -0.2) is 37.5 Å². The number of hydrogen-bond acceptors (Lipinski definition) is 6. The van der Waals surface area contributed by atoms with E-state index in [4.69, 9.17) is 5.73 Å². The number of thioether (sulfide) groups is 1. The summed E-state index contributed by atoms with van der Waals surface area (Å²) < 4.78 is 41.9. The molecular formula is C24H20F2N6O3S2. The summed E-state index contributed by atoms with van der Waals surface area (Å²) in [6.07, 6.45) is 1.34. The number of carbonyl (C=O) groups is 2. The van der Waals surface area contributed by atoms with E-state index in [1.165, 1.54) is 23.8 Å². The number of para-hydroxylation sites is 1. The van der Waals surface area contributed by atoms with Gasteiger partial charge in [0, 0.05) is 22.9 Å². The van der Waals surface area contributed by atoms with Crippen molar-refractivity contribution < 1.29 is 22.6 Å². The minimum absolute atomic E-state index is 0.00970. The topological polar surface area (TPSA) is 131 Å². The molecule has 0 fully saturated rings. The maximum absolute atomic E-state index is 14.7. The molecule has 1 atom stereocenters. The minimum atomic E-state index is -1.72. The van der Waals surface area contributed by atoms with Crippen LogP contribution in [0.2, 0.25) is 0 Å². The fourth-order valence-electron chi connectivity index (χ4n) is 3.69. The number of nitrogens with two attached hydrogens (primary N) is 1. The van der Waals surface area contributed by atoms with E-state index < -0.39 is 40.1 Å². The molecule has 3 N–H and O–H groups in total. The van der Waals surface area contributed by atoms with Crippen molar-refractivity contribution in [1.29, 1.82) is 0 Å². The summed E-state index contributed by atoms with van der Waals surface area (Å²) >= 11 is 0.992. The molecule has 4 rings (SSSR count). The average Bonchev–Trinajstić information content (AvgIpc) is 2.84. The first-order chi connectivity index (χ1) is 17.6. The van der Waals surface area contributed by atoms with Crippen molar-refractivity contribution in [3.8, 4) is 11.3 Å². The molecule has 0 radical (unpaired) electrons. The molecule has 1 unspecified atom stereocenters. The monoisotopic (exact) mass is 542 g/mol. The first kappa shape index (κ1) is 26.1. The number of anilines is 2. The van der Waals surface area contributed by atoms with E-state index in [1.54, 1.807) is 19.1 Å². The quantitative estimate of drug-likeness (QED) is 0.281. The molecule has 1 aliphatic heterocycles. The van der Waals surface area contributed by atoms with E-state index in [-0.39, 0.29) is 33.9 Å². The summed E-state index contributed by atoms with van der Waals surface area (Å²) in [5.41, 5.74) is 6.95. The molecule has 1 aliphatic rings. The van der Waals surface area contributed by atoms with Crippen LogP contribution >= 0.6 is 11.8 Å². The van der Waals surface area contributed by atoms with Crippen LogP contribution in [0.15, 0.2) is 58.5 Å². The Labute approximate surface area is 217 Å². The van der Waals surface area contributed by atoms with E-state index in [1.807, 2.05) is 0 Å². The lowest BCUT2D eigenvalue weighted by atomic mass is 9.97. The number of urea groups is 1. The molecular weight excluding hydrogens is 522 g/mol. The Morgan fingerprint density at radius 3 is 2.62 bits per heavy atom. The maximum atomic E-state index is 14.7. The predicted octanol–water partition coefficient (Wildman–Crippen LogP) is 4.16. The molecule has 9 nitrogen and oxygen atoms in total. The molecule has 2 aromatic carbocycles.